The third-order valence-electron chi connectivity index (χ3n) is 7.05. The lowest BCUT2D eigenvalue weighted by Gasteiger charge is -2.33. The van der Waals surface area contributed by atoms with Crippen molar-refractivity contribution in [3.63, 3.8) is 0 Å². The molecule has 0 radical (unpaired) electrons. The number of nitrogens with one attached hydrogen (secondary N) is 1. The fraction of sp³-hybridized carbons (Fsp3) is 0.533. The zero-order chi connectivity index (χ0) is 25.4. The van der Waals surface area contributed by atoms with Crippen molar-refractivity contribution in [1.82, 2.24) is 10.2 Å². The summed E-state index contributed by atoms with van der Waals surface area (Å²) in [7, 11) is 0. The van der Waals surface area contributed by atoms with Gasteiger partial charge in [-0.2, -0.15) is 0 Å². The first kappa shape index (κ1) is 27.3. The summed E-state index contributed by atoms with van der Waals surface area (Å²) >= 11 is 6.07. The Kier molecular flexibility index (Phi) is 9.80. The molecule has 1 atom stereocenters. The number of amides is 2. The van der Waals surface area contributed by atoms with Crippen molar-refractivity contribution in [2.75, 3.05) is 0 Å². The van der Waals surface area contributed by atoms with Crippen LogP contribution in [-0.4, -0.2) is 28.8 Å². The Bertz CT molecular complexity index is 957. The van der Waals surface area contributed by atoms with E-state index in [1.165, 1.54) is 12.0 Å². The van der Waals surface area contributed by atoms with Gasteiger partial charge in [-0.05, 0) is 59.9 Å². The molecule has 3 rings (SSSR count). The minimum absolute atomic E-state index is 0.00509. The number of carbonyl (C=O) groups excluding carboxylic acids is 2. The van der Waals surface area contributed by atoms with Crippen molar-refractivity contribution in [1.29, 1.82) is 0 Å². The number of nitrogens with zero attached hydrogens (tertiary/aromatic N) is 1. The second kappa shape index (κ2) is 12.6. The van der Waals surface area contributed by atoms with Crippen LogP contribution in [0.4, 0.5) is 0 Å². The molecule has 0 aromatic heterocycles. The number of rotatable bonds is 9. The lowest BCUT2D eigenvalue weighted by molar-refractivity contribution is -0.141. The maximum atomic E-state index is 13.5. The number of hydrogen-bond acceptors (Lipinski definition) is 2. The topological polar surface area (TPSA) is 49.4 Å². The van der Waals surface area contributed by atoms with Crippen LogP contribution >= 0.6 is 11.6 Å². The maximum Gasteiger partial charge on any atom is 0.243 e. The molecule has 0 saturated heterocycles. The highest BCUT2D eigenvalue weighted by Gasteiger charge is 2.30. The van der Waals surface area contributed by atoms with Crippen LogP contribution in [0.2, 0.25) is 5.02 Å². The van der Waals surface area contributed by atoms with Gasteiger partial charge < -0.3 is 10.2 Å². The Morgan fingerprint density at radius 1 is 0.971 bits per heavy atom. The Hall–Kier alpha value is -2.33. The molecular weight excluding hydrogens is 456 g/mol. The van der Waals surface area contributed by atoms with E-state index in [2.05, 4.69) is 50.4 Å². The van der Waals surface area contributed by atoms with E-state index in [0.717, 1.165) is 36.8 Å². The third-order valence-corrected chi connectivity index (χ3v) is 7.30. The quantitative estimate of drug-likeness (QED) is 0.413. The second-order valence-electron chi connectivity index (χ2n) is 10.9. The molecule has 0 aliphatic heterocycles. The van der Waals surface area contributed by atoms with Crippen LogP contribution in [-0.2, 0) is 28.0 Å². The average Bonchev–Trinajstić information content (AvgIpc) is 2.84. The first-order chi connectivity index (χ1) is 16.7. The number of aryl methyl sites for hydroxylation is 1. The van der Waals surface area contributed by atoms with Gasteiger partial charge in [0.1, 0.15) is 6.04 Å². The fourth-order valence-electron chi connectivity index (χ4n) is 4.82. The molecule has 1 aliphatic rings. The second-order valence-corrected chi connectivity index (χ2v) is 11.3. The van der Waals surface area contributed by atoms with E-state index < -0.39 is 6.04 Å². The molecule has 0 bridgehead atoms. The summed E-state index contributed by atoms with van der Waals surface area (Å²) in [4.78, 5) is 28.6. The van der Waals surface area contributed by atoms with Crippen molar-refractivity contribution >= 4 is 23.4 Å². The maximum absolute atomic E-state index is 13.5. The largest absolute Gasteiger partial charge is 0.352 e. The lowest BCUT2D eigenvalue weighted by Crippen LogP contribution is -2.51. The number of benzene rings is 2. The van der Waals surface area contributed by atoms with Crippen LogP contribution in [0.3, 0.4) is 0 Å². The molecule has 2 aromatic carbocycles. The summed E-state index contributed by atoms with van der Waals surface area (Å²) in [5.41, 5.74) is 3.49. The smallest absolute Gasteiger partial charge is 0.243 e. The summed E-state index contributed by atoms with van der Waals surface area (Å²) in [5, 5.41) is 3.90. The molecule has 5 heteroatoms. The molecule has 1 saturated carbocycles. The van der Waals surface area contributed by atoms with Crippen molar-refractivity contribution < 1.29 is 9.59 Å². The normalized spacial score (nSPS) is 15.5. The van der Waals surface area contributed by atoms with Crippen molar-refractivity contribution in [2.24, 2.45) is 0 Å². The molecular formula is C30H41ClN2O2. The molecule has 1 N–H and O–H groups in total. The van der Waals surface area contributed by atoms with E-state index >= 15 is 0 Å². The predicted molar refractivity (Wildman–Crippen MR) is 145 cm³/mol. The standard InChI is InChI=1S/C30H41ClN2O2/c1-5-27(29(35)32-26-9-7-6-8-10-26)33(21-23-13-18-25(31)19-14-23)28(34)20-15-22-11-16-24(17-12-22)30(2,3)4/h11-14,16-19,26-27H,5-10,15,20-21H2,1-4H3,(H,32,35)/t27-/m1/s1. The fourth-order valence-corrected chi connectivity index (χ4v) is 4.94. The molecule has 0 unspecified atom stereocenters. The minimum atomic E-state index is -0.483. The molecule has 0 spiro atoms. The molecule has 4 nitrogen and oxygen atoms in total. The average molecular weight is 497 g/mol. The Balaban J connectivity index is 1.73. The summed E-state index contributed by atoms with van der Waals surface area (Å²) in [6, 6.07) is 15.8. The van der Waals surface area contributed by atoms with Gasteiger partial charge in [0.15, 0.2) is 0 Å². The van der Waals surface area contributed by atoms with Gasteiger partial charge in [0.2, 0.25) is 11.8 Å². The van der Waals surface area contributed by atoms with E-state index in [-0.39, 0.29) is 23.3 Å². The Labute approximate surface area is 216 Å². The predicted octanol–water partition coefficient (Wildman–Crippen LogP) is 6.83. The highest BCUT2D eigenvalue weighted by molar-refractivity contribution is 6.30. The number of halogens is 1. The minimum Gasteiger partial charge on any atom is -0.352 e. The molecule has 2 aromatic rings. The summed E-state index contributed by atoms with van der Waals surface area (Å²) < 4.78 is 0. The number of hydrogen-bond donors (Lipinski definition) is 1. The van der Waals surface area contributed by atoms with E-state index in [1.54, 1.807) is 4.90 Å². The van der Waals surface area contributed by atoms with Gasteiger partial charge in [-0.1, -0.05) is 95.0 Å². The lowest BCUT2D eigenvalue weighted by atomic mass is 9.86. The summed E-state index contributed by atoms with van der Waals surface area (Å²) in [6.45, 7) is 8.98. The third kappa shape index (κ3) is 8.10. The molecule has 1 aliphatic carbocycles. The first-order valence-electron chi connectivity index (χ1n) is 13.1. The van der Waals surface area contributed by atoms with Crippen molar-refractivity contribution in [3.05, 3.63) is 70.2 Å². The van der Waals surface area contributed by atoms with Gasteiger partial charge in [0.25, 0.3) is 0 Å². The van der Waals surface area contributed by atoms with E-state index in [9.17, 15) is 9.59 Å². The van der Waals surface area contributed by atoms with Gasteiger partial charge >= 0.3 is 0 Å². The van der Waals surface area contributed by atoms with Gasteiger partial charge in [0.05, 0.1) is 0 Å². The van der Waals surface area contributed by atoms with E-state index in [4.69, 9.17) is 11.6 Å². The zero-order valence-electron chi connectivity index (χ0n) is 21.8. The van der Waals surface area contributed by atoms with Crippen LogP contribution in [0.15, 0.2) is 48.5 Å². The van der Waals surface area contributed by atoms with Crippen molar-refractivity contribution in [2.45, 2.75) is 103 Å². The SMILES string of the molecule is CC[C@H](C(=O)NC1CCCCC1)N(Cc1ccc(Cl)cc1)C(=O)CCc1ccc(C(C)(C)C)cc1. The van der Waals surface area contributed by atoms with Crippen LogP contribution < -0.4 is 5.32 Å². The summed E-state index contributed by atoms with van der Waals surface area (Å²) in [6.07, 6.45) is 7.21. The molecule has 0 heterocycles. The van der Waals surface area contributed by atoms with Crippen LogP contribution in [0.1, 0.15) is 89.3 Å². The molecule has 2 amide bonds. The van der Waals surface area contributed by atoms with Gasteiger partial charge in [-0.3, -0.25) is 9.59 Å². The first-order valence-corrected chi connectivity index (χ1v) is 13.5. The molecule has 1 fully saturated rings. The van der Waals surface area contributed by atoms with Crippen LogP contribution in [0.5, 0.6) is 0 Å². The van der Waals surface area contributed by atoms with Gasteiger partial charge in [0, 0.05) is 24.0 Å². The highest BCUT2D eigenvalue weighted by Crippen LogP contribution is 2.23. The van der Waals surface area contributed by atoms with Gasteiger partial charge in [-0.25, -0.2) is 0 Å². The van der Waals surface area contributed by atoms with Crippen molar-refractivity contribution in [3.8, 4) is 0 Å². The monoisotopic (exact) mass is 496 g/mol. The van der Waals surface area contributed by atoms with Crippen LogP contribution in [0, 0.1) is 0 Å². The Morgan fingerprint density at radius 2 is 1.57 bits per heavy atom. The van der Waals surface area contributed by atoms with Crippen LogP contribution in [0.25, 0.3) is 0 Å². The molecule has 190 valence electrons. The molecule has 35 heavy (non-hydrogen) atoms. The van der Waals surface area contributed by atoms with E-state index in [0.29, 0.717) is 30.8 Å². The van der Waals surface area contributed by atoms with E-state index in [1.807, 2.05) is 31.2 Å². The summed E-state index contributed by atoms with van der Waals surface area (Å²) in [5.74, 6) is -0.0262. The zero-order valence-corrected chi connectivity index (χ0v) is 22.5. The number of carbonyl (C=O) groups is 2. The highest BCUT2D eigenvalue weighted by atomic mass is 35.5. The van der Waals surface area contributed by atoms with Gasteiger partial charge in [-0.15, -0.1) is 0 Å². The Morgan fingerprint density at radius 3 is 2.14 bits per heavy atom.